The van der Waals surface area contributed by atoms with Crippen LogP contribution in [0.15, 0.2) is 6.20 Å². The molecule has 0 spiro atoms. The van der Waals surface area contributed by atoms with E-state index in [9.17, 15) is 9.59 Å². The number of carbonyl (C=O) groups is 2. The van der Waals surface area contributed by atoms with Crippen molar-refractivity contribution in [2.45, 2.75) is 26.8 Å². The second-order valence-electron chi connectivity index (χ2n) is 4.27. The van der Waals surface area contributed by atoms with Crippen LogP contribution in [-0.2, 0) is 9.53 Å². The summed E-state index contributed by atoms with van der Waals surface area (Å²) in [5.41, 5.74) is 10.8. The maximum absolute atomic E-state index is 11.2. The lowest BCUT2D eigenvalue weighted by Gasteiger charge is -2.07. The van der Waals surface area contributed by atoms with Gasteiger partial charge in [-0.05, 0) is 24.4 Å². The van der Waals surface area contributed by atoms with Crippen molar-refractivity contribution < 1.29 is 19.4 Å². The number of carbonyl (C=O) groups excluding carboxylic acids is 1. The molecule has 0 fully saturated rings. The number of nitrogens with zero attached hydrogens (tertiary/aromatic N) is 2. The van der Waals surface area contributed by atoms with E-state index < -0.39 is 18.0 Å². The van der Waals surface area contributed by atoms with Gasteiger partial charge in [0.15, 0.2) is 5.69 Å². The van der Waals surface area contributed by atoms with E-state index in [1.807, 2.05) is 0 Å². The number of esters is 1. The lowest BCUT2D eigenvalue weighted by molar-refractivity contribution is -0.139. The van der Waals surface area contributed by atoms with Crippen LogP contribution in [0.1, 0.15) is 31.3 Å². The molecule has 0 radical (unpaired) electrons. The first-order chi connectivity index (χ1) is 9.70. The molecule has 0 saturated heterocycles. The first-order valence-electron chi connectivity index (χ1n) is 6.14. The Bertz CT molecular complexity index is 496. The number of nitrogen functional groups attached to an aromatic ring is 1. The average molecular weight is 319 g/mol. The SMILES string of the molecule is CC(C)[C@H](N)C(=O)O.CCOC(=O)c1nc(Cl)ncc1N. The van der Waals surface area contributed by atoms with Crippen LogP contribution in [-0.4, -0.2) is 39.7 Å². The summed E-state index contributed by atoms with van der Waals surface area (Å²) in [5, 5.41) is 8.20. The Morgan fingerprint density at radius 1 is 1.48 bits per heavy atom. The number of hydrogen-bond donors (Lipinski definition) is 3. The summed E-state index contributed by atoms with van der Waals surface area (Å²) in [7, 11) is 0. The molecule has 9 heteroatoms. The summed E-state index contributed by atoms with van der Waals surface area (Å²) in [6.45, 7) is 5.51. The first-order valence-corrected chi connectivity index (χ1v) is 6.52. The molecule has 5 N–H and O–H groups in total. The van der Waals surface area contributed by atoms with Crippen LogP contribution in [0.5, 0.6) is 0 Å². The number of aromatic nitrogens is 2. The van der Waals surface area contributed by atoms with Crippen molar-refractivity contribution in [2.75, 3.05) is 12.3 Å². The van der Waals surface area contributed by atoms with Gasteiger partial charge in [0, 0.05) is 0 Å². The lowest BCUT2D eigenvalue weighted by atomic mass is 10.1. The van der Waals surface area contributed by atoms with Crippen LogP contribution in [0.4, 0.5) is 5.69 Å². The van der Waals surface area contributed by atoms with E-state index in [4.69, 9.17) is 32.9 Å². The van der Waals surface area contributed by atoms with Gasteiger partial charge in [-0.3, -0.25) is 4.79 Å². The number of nitrogens with two attached hydrogens (primary N) is 2. The molecule has 118 valence electrons. The maximum Gasteiger partial charge on any atom is 0.359 e. The normalized spacial score (nSPS) is 11.3. The maximum atomic E-state index is 11.2. The molecule has 1 atom stereocenters. The minimum absolute atomic E-state index is 0.00171. The van der Waals surface area contributed by atoms with Gasteiger partial charge < -0.3 is 21.3 Å². The molecule has 8 nitrogen and oxygen atoms in total. The molecule has 0 aliphatic carbocycles. The van der Waals surface area contributed by atoms with Crippen LogP contribution < -0.4 is 11.5 Å². The second-order valence-corrected chi connectivity index (χ2v) is 4.61. The number of aliphatic carboxylic acids is 1. The predicted molar refractivity (Wildman–Crippen MR) is 77.9 cm³/mol. The van der Waals surface area contributed by atoms with Crippen molar-refractivity contribution in [2.24, 2.45) is 11.7 Å². The van der Waals surface area contributed by atoms with E-state index >= 15 is 0 Å². The minimum atomic E-state index is -0.931. The van der Waals surface area contributed by atoms with Gasteiger partial charge in [-0.1, -0.05) is 13.8 Å². The standard InChI is InChI=1S/C7H8ClN3O2.C5H11NO2/c1-2-13-6(12)5-4(9)3-10-7(8)11-5;1-3(2)4(6)5(7)8/h3H,2,9H2,1H3;3-4H,6H2,1-2H3,(H,7,8)/t;4-/m.0/s1. The minimum Gasteiger partial charge on any atom is -0.480 e. The fraction of sp³-hybridized carbons (Fsp3) is 0.500. The van der Waals surface area contributed by atoms with Crippen LogP contribution in [0.3, 0.4) is 0 Å². The van der Waals surface area contributed by atoms with Gasteiger partial charge in [-0.25, -0.2) is 14.8 Å². The highest BCUT2D eigenvalue weighted by atomic mass is 35.5. The number of hydrogen-bond acceptors (Lipinski definition) is 7. The molecule has 0 amide bonds. The largest absolute Gasteiger partial charge is 0.480 e. The zero-order chi connectivity index (χ0) is 16.6. The molecule has 0 bridgehead atoms. The zero-order valence-electron chi connectivity index (χ0n) is 12.0. The highest BCUT2D eigenvalue weighted by Crippen LogP contribution is 2.11. The van der Waals surface area contributed by atoms with Crippen LogP contribution in [0.2, 0.25) is 5.28 Å². The van der Waals surface area contributed by atoms with E-state index in [-0.39, 0.29) is 29.2 Å². The monoisotopic (exact) mass is 318 g/mol. The lowest BCUT2D eigenvalue weighted by Crippen LogP contribution is -2.34. The van der Waals surface area contributed by atoms with Crippen molar-refractivity contribution in [3.8, 4) is 0 Å². The van der Waals surface area contributed by atoms with Gasteiger partial charge in [0.1, 0.15) is 6.04 Å². The van der Waals surface area contributed by atoms with Crippen molar-refractivity contribution >= 4 is 29.2 Å². The molecule has 1 aromatic heterocycles. The Morgan fingerprint density at radius 3 is 2.43 bits per heavy atom. The molecular weight excluding hydrogens is 300 g/mol. The second kappa shape index (κ2) is 9.09. The third-order valence-electron chi connectivity index (χ3n) is 2.26. The molecule has 0 unspecified atom stereocenters. The van der Waals surface area contributed by atoms with Gasteiger partial charge in [0.25, 0.3) is 0 Å². The van der Waals surface area contributed by atoms with E-state index in [1.54, 1.807) is 20.8 Å². The van der Waals surface area contributed by atoms with E-state index in [1.165, 1.54) is 6.20 Å². The van der Waals surface area contributed by atoms with Crippen LogP contribution in [0, 0.1) is 5.92 Å². The van der Waals surface area contributed by atoms with Crippen LogP contribution >= 0.6 is 11.6 Å². The Hall–Kier alpha value is -1.93. The Morgan fingerprint density at radius 2 is 2.05 bits per heavy atom. The molecule has 1 aromatic rings. The number of ether oxygens (including phenoxy) is 1. The molecule has 1 rings (SSSR count). The van der Waals surface area contributed by atoms with Gasteiger partial charge in [0.2, 0.25) is 5.28 Å². The van der Waals surface area contributed by atoms with E-state index in [0.717, 1.165) is 0 Å². The number of carboxylic acid groups (broad SMARTS) is 1. The summed E-state index contributed by atoms with van der Waals surface area (Å²) in [6.07, 6.45) is 1.27. The van der Waals surface area contributed by atoms with E-state index in [2.05, 4.69) is 9.97 Å². The summed E-state index contributed by atoms with van der Waals surface area (Å²) >= 11 is 5.48. The summed E-state index contributed by atoms with van der Waals surface area (Å²) < 4.78 is 4.70. The molecule has 21 heavy (non-hydrogen) atoms. The quantitative estimate of drug-likeness (QED) is 0.550. The summed E-state index contributed by atoms with van der Waals surface area (Å²) in [6, 6.07) is -0.713. The fourth-order valence-electron chi connectivity index (χ4n) is 1.02. The third-order valence-corrected chi connectivity index (χ3v) is 2.44. The third kappa shape index (κ3) is 6.87. The highest BCUT2D eigenvalue weighted by Gasteiger charge is 2.14. The Balaban J connectivity index is 0.000000433. The van der Waals surface area contributed by atoms with Gasteiger partial charge >= 0.3 is 11.9 Å². The molecular formula is C12H19ClN4O4. The van der Waals surface area contributed by atoms with Crippen LogP contribution in [0.25, 0.3) is 0 Å². The Kier molecular flexibility index (Phi) is 8.25. The molecule has 0 aromatic carbocycles. The molecule has 1 heterocycles. The molecule has 0 aliphatic heterocycles. The Labute approximate surface area is 127 Å². The van der Waals surface area contributed by atoms with Gasteiger partial charge in [-0.15, -0.1) is 0 Å². The van der Waals surface area contributed by atoms with Crippen molar-refractivity contribution in [3.63, 3.8) is 0 Å². The van der Waals surface area contributed by atoms with Gasteiger partial charge in [-0.2, -0.15) is 0 Å². The number of rotatable bonds is 4. The van der Waals surface area contributed by atoms with Crippen molar-refractivity contribution in [1.82, 2.24) is 9.97 Å². The number of carboxylic acids is 1. The highest BCUT2D eigenvalue weighted by molar-refractivity contribution is 6.28. The average Bonchev–Trinajstić information content (AvgIpc) is 2.41. The van der Waals surface area contributed by atoms with Crippen molar-refractivity contribution in [1.29, 1.82) is 0 Å². The van der Waals surface area contributed by atoms with E-state index in [0.29, 0.717) is 0 Å². The number of halogens is 1. The number of anilines is 1. The summed E-state index contributed by atoms with van der Waals surface area (Å²) in [4.78, 5) is 28.4. The first kappa shape index (κ1) is 19.1. The smallest absolute Gasteiger partial charge is 0.359 e. The van der Waals surface area contributed by atoms with Crippen molar-refractivity contribution in [3.05, 3.63) is 17.2 Å². The fourth-order valence-corrected chi connectivity index (χ4v) is 1.15. The molecule has 0 aliphatic rings. The van der Waals surface area contributed by atoms with Gasteiger partial charge in [0.05, 0.1) is 18.5 Å². The zero-order valence-corrected chi connectivity index (χ0v) is 12.8. The predicted octanol–water partition coefficient (Wildman–Crippen LogP) is 0.943. The molecule has 0 saturated carbocycles. The topological polar surface area (TPSA) is 141 Å². The summed E-state index contributed by atoms with van der Waals surface area (Å²) in [5.74, 6) is -1.50.